The van der Waals surface area contributed by atoms with Crippen molar-refractivity contribution in [2.45, 2.75) is 26.2 Å². The number of benzene rings is 5. The van der Waals surface area contributed by atoms with Crippen molar-refractivity contribution in [1.82, 2.24) is 0 Å². The van der Waals surface area contributed by atoms with E-state index in [0.29, 0.717) is 0 Å². The first-order valence-corrected chi connectivity index (χ1v) is 15.3. The third-order valence-corrected chi connectivity index (χ3v) is 9.74. The lowest BCUT2D eigenvalue weighted by molar-refractivity contribution is 0.660. The van der Waals surface area contributed by atoms with E-state index in [9.17, 15) is 0 Å². The van der Waals surface area contributed by atoms with Gasteiger partial charge in [0.2, 0.25) is 0 Å². The van der Waals surface area contributed by atoms with Crippen LogP contribution in [-0.4, -0.2) is 0 Å². The van der Waals surface area contributed by atoms with Crippen molar-refractivity contribution in [2.24, 2.45) is 0 Å². The molecule has 0 amide bonds. The van der Waals surface area contributed by atoms with Crippen molar-refractivity contribution in [2.75, 3.05) is 4.90 Å². The van der Waals surface area contributed by atoms with Crippen molar-refractivity contribution in [3.05, 3.63) is 149 Å². The van der Waals surface area contributed by atoms with Crippen molar-refractivity contribution in [3.63, 3.8) is 0 Å². The number of rotatable bonds is 6. The van der Waals surface area contributed by atoms with E-state index >= 15 is 0 Å². The van der Waals surface area contributed by atoms with Crippen LogP contribution in [0.15, 0.2) is 128 Å². The molecule has 0 fully saturated rings. The van der Waals surface area contributed by atoms with E-state index < -0.39 is 0 Å². The van der Waals surface area contributed by atoms with E-state index in [-0.39, 0.29) is 5.41 Å². The van der Waals surface area contributed by atoms with Gasteiger partial charge in [-0.3, -0.25) is 0 Å². The van der Waals surface area contributed by atoms with Gasteiger partial charge in [-0.05, 0) is 82.3 Å². The van der Waals surface area contributed by atoms with Crippen LogP contribution in [0, 0.1) is 0 Å². The first-order chi connectivity index (χ1) is 20.5. The molecule has 1 heterocycles. The minimum atomic E-state index is -0.0667. The Morgan fingerprint density at radius 3 is 2.07 bits per heavy atom. The van der Waals surface area contributed by atoms with E-state index in [2.05, 4.69) is 160 Å². The Hall–Kier alpha value is -4.66. The highest BCUT2D eigenvalue weighted by Crippen LogP contribution is 2.51. The molecule has 1 nitrogen and oxygen atoms in total. The van der Waals surface area contributed by atoms with Gasteiger partial charge in [-0.1, -0.05) is 118 Å². The SMILES string of the molecule is C=Cc1sc2cc(N(c3ccc(-c4ccccc4)cc3)c3ccc4c(c3)C(C)(C)c3ccccc3-4)ccc2c1/C=C\C. The van der Waals surface area contributed by atoms with E-state index in [1.807, 2.05) is 6.08 Å². The number of anilines is 3. The molecule has 0 atom stereocenters. The third kappa shape index (κ3) is 4.22. The van der Waals surface area contributed by atoms with E-state index in [4.69, 9.17) is 0 Å². The molecule has 1 aliphatic carbocycles. The molecule has 0 N–H and O–H groups in total. The van der Waals surface area contributed by atoms with Crippen LogP contribution in [0.1, 0.15) is 42.3 Å². The van der Waals surface area contributed by atoms with Crippen LogP contribution in [0.5, 0.6) is 0 Å². The maximum atomic E-state index is 4.09. The molecule has 1 aromatic heterocycles. The van der Waals surface area contributed by atoms with Gasteiger partial charge in [0.05, 0.1) is 0 Å². The fourth-order valence-corrected chi connectivity index (χ4v) is 7.54. The largest absolute Gasteiger partial charge is 0.310 e. The molecule has 0 saturated carbocycles. The van der Waals surface area contributed by atoms with Gasteiger partial charge in [0.1, 0.15) is 0 Å². The van der Waals surface area contributed by atoms with Gasteiger partial charge >= 0.3 is 0 Å². The second kappa shape index (κ2) is 10.3. The van der Waals surface area contributed by atoms with Gasteiger partial charge in [0, 0.05) is 37.4 Å². The van der Waals surface area contributed by atoms with Crippen molar-refractivity contribution < 1.29 is 0 Å². The summed E-state index contributed by atoms with van der Waals surface area (Å²) < 4.78 is 1.26. The Kier molecular flexibility index (Phi) is 6.45. The quantitative estimate of drug-likeness (QED) is 0.196. The molecular formula is C40H33NS. The van der Waals surface area contributed by atoms with Crippen LogP contribution in [0.4, 0.5) is 17.1 Å². The molecule has 42 heavy (non-hydrogen) atoms. The zero-order chi connectivity index (χ0) is 28.8. The summed E-state index contributed by atoms with van der Waals surface area (Å²) in [5.74, 6) is 0. The minimum absolute atomic E-state index is 0.0667. The summed E-state index contributed by atoms with van der Waals surface area (Å²) in [4.78, 5) is 3.60. The van der Waals surface area contributed by atoms with Crippen LogP contribution in [0.3, 0.4) is 0 Å². The fraction of sp³-hybridized carbons (Fsp3) is 0.100. The predicted molar refractivity (Wildman–Crippen MR) is 184 cm³/mol. The summed E-state index contributed by atoms with van der Waals surface area (Å²) >= 11 is 1.80. The molecular weight excluding hydrogens is 527 g/mol. The molecule has 5 aromatic carbocycles. The van der Waals surface area contributed by atoms with E-state index in [1.54, 1.807) is 11.3 Å². The van der Waals surface area contributed by atoms with Crippen LogP contribution in [-0.2, 0) is 5.41 Å². The Morgan fingerprint density at radius 2 is 1.31 bits per heavy atom. The maximum absolute atomic E-state index is 4.09. The Morgan fingerprint density at radius 1 is 0.667 bits per heavy atom. The lowest BCUT2D eigenvalue weighted by Gasteiger charge is -2.28. The average Bonchev–Trinajstić information content (AvgIpc) is 3.49. The number of hydrogen-bond donors (Lipinski definition) is 0. The van der Waals surface area contributed by atoms with Crippen LogP contribution >= 0.6 is 11.3 Å². The van der Waals surface area contributed by atoms with Gasteiger partial charge in [-0.15, -0.1) is 11.3 Å². The molecule has 204 valence electrons. The monoisotopic (exact) mass is 559 g/mol. The molecule has 0 bridgehead atoms. The number of hydrogen-bond acceptors (Lipinski definition) is 2. The fourth-order valence-electron chi connectivity index (χ4n) is 6.47. The second-order valence-corrected chi connectivity index (χ2v) is 12.5. The summed E-state index contributed by atoms with van der Waals surface area (Å²) in [6, 6.07) is 42.2. The Balaban J connectivity index is 1.40. The summed E-state index contributed by atoms with van der Waals surface area (Å²) in [6.07, 6.45) is 6.27. The molecule has 2 heteroatoms. The van der Waals surface area contributed by atoms with Gasteiger partial charge in [-0.25, -0.2) is 0 Å². The van der Waals surface area contributed by atoms with E-state index in [0.717, 1.165) is 17.1 Å². The molecule has 6 aromatic rings. The van der Waals surface area contributed by atoms with Crippen molar-refractivity contribution >= 4 is 50.6 Å². The maximum Gasteiger partial charge on any atom is 0.0476 e. The minimum Gasteiger partial charge on any atom is -0.310 e. The highest BCUT2D eigenvalue weighted by atomic mass is 32.1. The molecule has 0 radical (unpaired) electrons. The summed E-state index contributed by atoms with van der Waals surface area (Å²) in [5, 5.41) is 1.27. The third-order valence-electron chi connectivity index (χ3n) is 8.58. The van der Waals surface area contributed by atoms with Crippen molar-refractivity contribution in [1.29, 1.82) is 0 Å². The smallest absolute Gasteiger partial charge is 0.0476 e. The zero-order valence-electron chi connectivity index (χ0n) is 24.3. The second-order valence-electron chi connectivity index (χ2n) is 11.4. The Labute approximate surface area is 252 Å². The number of allylic oxidation sites excluding steroid dienone is 1. The van der Waals surface area contributed by atoms with Gasteiger partial charge in [0.25, 0.3) is 0 Å². The molecule has 0 unspecified atom stereocenters. The average molecular weight is 560 g/mol. The molecule has 7 rings (SSSR count). The predicted octanol–water partition coefficient (Wildman–Crippen LogP) is 12.0. The highest BCUT2D eigenvalue weighted by molar-refractivity contribution is 7.20. The normalized spacial score (nSPS) is 13.3. The number of thiophene rings is 1. The topological polar surface area (TPSA) is 3.24 Å². The highest BCUT2D eigenvalue weighted by Gasteiger charge is 2.35. The molecule has 0 spiro atoms. The van der Waals surface area contributed by atoms with Crippen molar-refractivity contribution in [3.8, 4) is 22.3 Å². The lowest BCUT2D eigenvalue weighted by Crippen LogP contribution is -2.16. The van der Waals surface area contributed by atoms with Gasteiger partial charge in [0.15, 0.2) is 0 Å². The summed E-state index contributed by atoms with van der Waals surface area (Å²) in [6.45, 7) is 10.8. The lowest BCUT2D eigenvalue weighted by atomic mass is 9.82. The first-order valence-electron chi connectivity index (χ1n) is 14.5. The zero-order valence-corrected chi connectivity index (χ0v) is 25.1. The number of nitrogens with zero attached hydrogens (tertiary/aromatic N) is 1. The van der Waals surface area contributed by atoms with Gasteiger partial charge < -0.3 is 4.90 Å². The van der Waals surface area contributed by atoms with Gasteiger partial charge in [-0.2, -0.15) is 0 Å². The molecule has 0 saturated heterocycles. The number of fused-ring (bicyclic) bond motifs is 4. The standard InChI is InChI=1S/C40H33NS/c1-5-12-34-35-24-22-31(26-39(35)42-38(34)6-2)41(29-19-17-28(18-20-29)27-13-8-7-9-14-27)30-21-23-33-32-15-10-11-16-36(32)40(3,4)37(33)25-30/h5-26H,2H2,1,3-4H3/b12-5-. The summed E-state index contributed by atoms with van der Waals surface area (Å²) in [5.41, 5.74) is 12.5. The van der Waals surface area contributed by atoms with Crippen LogP contribution < -0.4 is 4.90 Å². The summed E-state index contributed by atoms with van der Waals surface area (Å²) in [7, 11) is 0. The molecule has 1 aliphatic rings. The van der Waals surface area contributed by atoms with Crippen LogP contribution in [0.2, 0.25) is 0 Å². The van der Waals surface area contributed by atoms with E-state index in [1.165, 1.54) is 53.9 Å². The Bertz CT molecular complexity index is 1970. The van der Waals surface area contributed by atoms with Crippen LogP contribution in [0.25, 0.3) is 44.5 Å². The first kappa shape index (κ1) is 26.3. The molecule has 0 aliphatic heterocycles.